The van der Waals surface area contributed by atoms with E-state index in [2.05, 4.69) is 75.8 Å². The van der Waals surface area contributed by atoms with E-state index in [1.807, 2.05) is 26.8 Å². The highest BCUT2D eigenvalue weighted by atomic mass is 28.4. The van der Waals surface area contributed by atoms with Crippen LogP contribution >= 0.6 is 0 Å². The van der Waals surface area contributed by atoms with Crippen molar-refractivity contribution in [3.05, 3.63) is 59.7 Å². The summed E-state index contributed by atoms with van der Waals surface area (Å²) >= 11 is 0. The van der Waals surface area contributed by atoms with Crippen LogP contribution in [0.4, 0.5) is 0 Å². The molecule has 1 N–H and O–H groups in total. The molecule has 4 aliphatic rings. The van der Waals surface area contributed by atoms with Crippen LogP contribution in [0.1, 0.15) is 126 Å². The lowest BCUT2D eigenvalue weighted by Crippen LogP contribution is -2.82. The molecule has 0 spiro atoms. The lowest BCUT2D eigenvalue weighted by atomic mass is 9.44. The highest BCUT2D eigenvalue weighted by Gasteiger charge is 2.79. The van der Waals surface area contributed by atoms with Crippen LogP contribution in [0.3, 0.4) is 0 Å². The minimum absolute atomic E-state index is 0.0339. The number of ketones is 1. The van der Waals surface area contributed by atoms with Gasteiger partial charge in [-0.3, -0.25) is 9.59 Å². The summed E-state index contributed by atoms with van der Waals surface area (Å²) in [7, 11) is -7.44. The maximum absolute atomic E-state index is 17.0. The van der Waals surface area contributed by atoms with Crippen molar-refractivity contribution < 1.29 is 47.0 Å². The summed E-state index contributed by atoms with van der Waals surface area (Å²) in [4.78, 5) is 46.0. The van der Waals surface area contributed by atoms with Crippen molar-refractivity contribution in [1.82, 2.24) is 0 Å². The number of fused-ring (bicyclic) bond motifs is 5. The van der Waals surface area contributed by atoms with Gasteiger partial charge in [0, 0.05) is 24.7 Å². The number of allylic oxidation sites excluding steroid dienone is 1. The van der Waals surface area contributed by atoms with E-state index >= 15 is 4.79 Å². The Bertz CT molecular complexity index is 1800. The topological polar surface area (TPSA) is 127 Å². The molecule has 354 valence electrons. The van der Waals surface area contributed by atoms with Crippen molar-refractivity contribution in [3.63, 3.8) is 0 Å². The quantitative estimate of drug-likeness (QED) is 0.0723. The largest absolute Gasteiger partial charge is 0.455 e. The number of benzene rings is 1. The van der Waals surface area contributed by atoms with Crippen molar-refractivity contribution in [2.24, 2.45) is 16.7 Å². The molecule has 0 unspecified atom stereocenters. The molecule has 2 saturated carbocycles. The second-order valence-corrected chi connectivity index (χ2v) is 34.1. The number of Topliss-reactive ketones (excluding diaryl/α,β-unsaturated/α-hetero) is 1. The minimum Gasteiger partial charge on any atom is -0.455 e. The monoisotopic (exact) mass is 927 g/mol. The smallest absolute Gasteiger partial charge is 0.338 e. The number of ether oxygens (including phenoxy) is 3. The number of aliphatic hydroxyl groups is 1. The maximum Gasteiger partial charge on any atom is 0.338 e. The van der Waals surface area contributed by atoms with Crippen LogP contribution in [0.5, 0.6) is 0 Å². The van der Waals surface area contributed by atoms with Crippen molar-refractivity contribution >= 4 is 42.7 Å². The van der Waals surface area contributed by atoms with E-state index in [4.69, 9.17) is 27.5 Å². The van der Waals surface area contributed by atoms with Gasteiger partial charge in [-0.25, -0.2) is 4.79 Å². The fraction of sp³-hybridized carbons (Fsp3) is 0.740. The lowest BCUT2D eigenvalue weighted by molar-refractivity contribution is -0.345. The molecule has 0 radical (unpaired) electrons. The van der Waals surface area contributed by atoms with Gasteiger partial charge in [-0.2, -0.15) is 0 Å². The third kappa shape index (κ3) is 8.77. The fourth-order valence-corrected chi connectivity index (χ4v) is 20.6. The molecule has 3 aliphatic carbocycles. The van der Waals surface area contributed by atoms with Crippen molar-refractivity contribution in [1.29, 1.82) is 0 Å². The molecular formula is C50H82O10Si3. The highest BCUT2D eigenvalue weighted by molar-refractivity contribution is 6.74. The van der Waals surface area contributed by atoms with Crippen LogP contribution in [0, 0.1) is 16.7 Å². The molecule has 1 saturated heterocycles. The molecule has 0 aromatic heterocycles. The summed E-state index contributed by atoms with van der Waals surface area (Å²) in [6, 6.07) is 16.3. The first kappa shape index (κ1) is 51.7. The normalized spacial score (nSPS) is 31.8. The Hall–Kier alpha value is -2.24. The number of hydrogen-bond donors (Lipinski definition) is 1. The van der Waals surface area contributed by atoms with Crippen LogP contribution in [0.2, 0.25) is 54.4 Å². The Balaban J connectivity index is 1.97. The number of carbonyl (C=O) groups is 3. The van der Waals surface area contributed by atoms with E-state index in [1.54, 1.807) is 30.3 Å². The predicted octanol–water partition coefficient (Wildman–Crippen LogP) is 11.1. The maximum atomic E-state index is 17.0. The van der Waals surface area contributed by atoms with Gasteiger partial charge in [0.25, 0.3) is 0 Å². The number of carbonyl (C=O) groups excluding carboxylic acids is 3. The summed E-state index contributed by atoms with van der Waals surface area (Å²) in [6.07, 6.45) is -1.94. The van der Waals surface area contributed by atoms with Crippen molar-refractivity contribution in [2.75, 3.05) is 6.61 Å². The van der Waals surface area contributed by atoms with E-state index in [1.165, 1.54) is 0 Å². The van der Waals surface area contributed by atoms with E-state index in [0.717, 1.165) is 60.0 Å². The molecule has 0 amide bonds. The predicted molar refractivity (Wildman–Crippen MR) is 257 cm³/mol. The lowest BCUT2D eigenvalue weighted by Gasteiger charge is -2.69. The third-order valence-corrected chi connectivity index (χ3v) is 31.2. The molecule has 1 heterocycles. The van der Waals surface area contributed by atoms with Crippen molar-refractivity contribution in [2.45, 2.75) is 212 Å². The first-order valence-corrected chi connectivity index (χ1v) is 32.1. The van der Waals surface area contributed by atoms with Crippen LogP contribution in [0.25, 0.3) is 0 Å². The first-order valence-electron chi connectivity index (χ1n) is 24.5. The second kappa shape index (κ2) is 19.9. The minimum atomic E-state index is -2.60. The van der Waals surface area contributed by atoms with Crippen LogP contribution in [0.15, 0.2) is 54.1 Å². The summed E-state index contributed by atoms with van der Waals surface area (Å²) in [6.45, 7) is 31.4. The molecule has 5 rings (SSSR count). The SMILES string of the molecule is C=CCCC(=O)O[C@@]12CO[C@@H]1C[C@H](O[Si](CC)(CC)CC)[C@@]1(C)C(=O)[C@H](O[Si](CC)(CC)CC)C3=C(C)[C@@H](O[Si](CC)(CC)CC)C[C@@](O)([C@@H](OC(=O)c4ccccc4)[C@H]21)C3(C)C. The summed E-state index contributed by atoms with van der Waals surface area (Å²) in [5.41, 5.74) is -4.12. The molecular weight excluding hydrogens is 845 g/mol. The zero-order valence-corrected chi connectivity index (χ0v) is 44.2. The molecule has 10 nitrogen and oxygen atoms in total. The standard InChI is InChI=1S/C50H82O10Si3/c1-15-25-31-40(51)57-49-34-55-39(49)32-38(59-62(19-5,20-6)21-7)48(14)43(49)45(56-46(53)36-29-27-26-28-30-36)50(54)33-37(58-61(16-2,17-3)18-4)35(11)41(47(50,12)13)42(44(48)52)60-63(22-8,23-9)24-10/h15,26-30,37-39,42-43,45,54H,1,16-25,31-34H2,2-14H3/t37-,38-,39+,42+,43-,45-,48+,49-,50+/m0/s1. The van der Waals surface area contributed by atoms with Crippen molar-refractivity contribution in [3.8, 4) is 0 Å². The summed E-state index contributed by atoms with van der Waals surface area (Å²) in [5, 5.41) is 14.4. The first-order chi connectivity index (χ1) is 29.8. The van der Waals surface area contributed by atoms with E-state index in [9.17, 15) is 14.7 Å². The van der Waals surface area contributed by atoms with Crippen LogP contribution in [-0.4, -0.2) is 96.1 Å². The number of hydrogen-bond acceptors (Lipinski definition) is 10. The molecule has 1 aromatic carbocycles. The zero-order valence-electron chi connectivity index (χ0n) is 41.2. The molecule has 13 heteroatoms. The molecule has 2 bridgehead atoms. The fourth-order valence-electron chi connectivity index (χ4n) is 12.1. The molecule has 1 aliphatic heterocycles. The molecule has 1 aromatic rings. The summed E-state index contributed by atoms with van der Waals surface area (Å²) < 4.78 is 42.9. The van der Waals surface area contributed by atoms with Crippen LogP contribution in [-0.2, 0) is 37.1 Å². The zero-order chi connectivity index (χ0) is 46.8. The second-order valence-electron chi connectivity index (χ2n) is 19.9. The average molecular weight is 927 g/mol. The van der Waals surface area contributed by atoms with E-state index in [-0.39, 0.29) is 31.7 Å². The molecule has 3 fully saturated rings. The Morgan fingerprint density at radius 1 is 0.825 bits per heavy atom. The van der Waals surface area contributed by atoms with E-state index in [0.29, 0.717) is 17.6 Å². The van der Waals surface area contributed by atoms with Gasteiger partial charge in [0.2, 0.25) is 0 Å². The average Bonchev–Trinajstić information content (AvgIpc) is 3.29. The van der Waals surface area contributed by atoms with Gasteiger partial charge in [0.05, 0.1) is 35.7 Å². The Labute approximate surface area is 383 Å². The van der Waals surface area contributed by atoms with E-state index < -0.39 is 95.4 Å². The van der Waals surface area contributed by atoms with Gasteiger partial charge in [0.1, 0.15) is 23.9 Å². The van der Waals surface area contributed by atoms with Gasteiger partial charge in [-0.05, 0) is 97.9 Å². The van der Waals surface area contributed by atoms with Crippen LogP contribution < -0.4 is 0 Å². The van der Waals surface area contributed by atoms with Gasteiger partial charge in [-0.1, -0.05) is 100 Å². The van der Waals surface area contributed by atoms with Gasteiger partial charge >= 0.3 is 11.9 Å². The third-order valence-electron chi connectivity index (χ3n) is 17.3. The highest BCUT2D eigenvalue weighted by Crippen LogP contribution is 2.65. The van der Waals surface area contributed by atoms with Gasteiger partial charge in [-0.15, -0.1) is 6.58 Å². The number of rotatable bonds is 21. The Morgan fingerprint density at radius 3 is 1.84 bits per heavy atom. The van der Waals surface area contributed by atoms with Gasteiger partial charge < -0.3 is 32.6 Å². The Morgan fingerprint density at radius 2 is 1.35 bits per heavy atom. The Kier molecular flexibility index (Phi) is 16.4. The van der Waals surface area contributed by atoms with Gasteiger partial charge in [0.15, 0.2) is 36.3 Å². The molecule has 9 atom stereocenters. The molecule has 63 heavy (non-hydrogen) atoms. The number of esters is 2. The summed E-state index contributed by atoms with van der Waals surface area (Å²) in [5.74, 6) is -2.39.